The van der Waals surface area contributed by atoms with Crippen molar-refractivity contribution in [1.29, 1.82) is 0 Å². The summed E-state index contributed by atoms with van der Waals surface area (Å²) in [6, 6.07) is 5.43. The number of nitrogens with zero attached hydrogens (tertiary/aromatic N) is 2. The number of hydrogen-bond acceptors (Lipinski definition) is 4. The van der Waals surface area contributed by atoms with Gasteiger partial charge < -0.3 is 10.5 Å². The Kier molecular flexibility index (Phi) is 3.56. The van der Waals surface area contributed by atoms with E-state index in [9.17, 15) is 0 Å². The van der Waals surface area contributed by atoms with Crippen molar-refractivity contribution in [2.75, 3.05) is 0 Å². The number of nitrogens with two attached hydrogens (primary N) is 1. The highest BCUT2D eigenvalue weighted by Crippen LogP contribution is 2.26. The van der Waals surface area contributed by atoms with Crippen LogP contribution in [0.5, 0.6) is 11.6 Å². The second-order valence-corrected chi connectivity index (χ2v) is 3.98. The first-order valence-corrected chi connectivity index (χ1v) is 5.51. The molecule has 0 bridgehead atoms. The molecule has 2 rings (SSSR count). The van der Waals surface area contributed by atoms with Crippen LogP contribution in [0.1, 0.15) is 11.1 Å². The van der Waals surface area contributed by atoms with Crippen LogP contribution in [0.2, 0.25) is 5.02 Å². The van der Waals surface area contributed by atoms with E-state index in [1.54, 1.807) is 18.3 Å². The second kappa shape index (κ2) is 5.12. The molecule has 0 atom stereocenters. The lowest BCUT2D eigenvalue weighted by molar-refractivity contribution is 0.454. The molecule has 0 aliphatic heterocycles. The lowest BCUT2D eigenvalue weighted by Gasteiger charge is -2.08. The number of benzene rings is 1. The van der Waals surface area contributed by atoms with E-state index in [4.69, 9.17) is 22.1 Å². The largest absolute Gasteiger partial charge is 0.439 e. The highest BCUT2D eigenvalue weighted by Gasteiger charge is 2.06. The Morgan fingerprint density at radius 3 is 2.94 bits per heavy atom. The van der Waals surface area contributed by atoms with Crippen LogP contribution in [0.4, 0.5) is 0 Å². The van der Waals surface area contributed by atoms with E-state index < -0.39 is 0 Å². The molecule has 0 saturated carbocycles. The minimum atomic E-state index is 0.336. The predicted octanol–water partition coefficient (Wildman–Crippen LogP) is 2.69. The molecular formula is C12H12ClN3O. The zero-order chi connectivity index (χ0) is 12.3. The lowest BCUT2D eigenvalue weighted by Crippen LogP contribution is -2.01. The third-order valence-electron chi connectivity index (χ3n) is 2.31. The first kappa shape index (κ1) is 11.8. The maximum atomic E-state index is 5.94. The highest BCUT2D eigenvalue weighted by atomic mass is 35.5. The van der Waals surface area contributed by atoms with Crippen LogP contribution in [0, 0.1) is 6.92 Å². The summed E-state index contributed by atoms with van der Waals surface area (Å²) >= 11 is 5.94. The van der Waals surface area contributed by atoms with Crippen LogP contribution < -0.4 is 10.5 Å². The van der Waals surface area contributed by atoms with Gasteiger partial charge in [0.2, 0.25) is 5.88 Å². The fourth-order valence-corrected chi connectivity index (χ4v) is 1.49. The third-order valence-corrected chi connectivity index (χ3v) is 2.73. The van der Waals surface area contributed by atoms with Crippen LogP contribution in [-0.4, -0.2) is 9.97 Å². The smallest absolute Gasteiger partial charge is 0.226 e. The van der Waals surface area contributed by atoms with Gasteiger partial charge in [0.05, 0.1) is 0 Å². The van der Waals surface area contributed by atoms with Crippen LogP contribution in [0.25, 0.3) is 0 Å². The van der Waals surface area contributed by atoms with Gasteiger partial charge in [0.25, 0.3) is 0 Å². The van der Waals surface area contributed by atoms with Crippen molar-refractivity contribution >= 4 is 11.6 Å². The van der Waals surface area contributed by atoms with E-state index in [0.717, 1.165) is 11.1 Å². The van der Waals surface area contributed by atoms with Crippen LogP contribution in [0.15, 0.2) is 30.7 Å². The van der Waals surface area contributed by atoms with Crippen LogP contribution in [-0.2, 0) is 6.54 Å². The SMILES string of the molecule is Cc1cc(Oc2ncncc2CN)ccc1Cl. The van der Waals surface area contributed by atoms with Gasteiger partial charge in [0.15, 0.2) is 0 Å². The van der Waals surface area contributed by atoms with Crippen molar-refractivity contribution in [2.45, 2.75) is 13.5 Å². The Balaban J connectivity index is 2.28. The molecule has 4 nitrogen and oxygen atoms in total. The van der Waals surface area contributed by atoms with Gasteiger partial charge >= 0.3 is 0 Å². The van der Waals surface area contributed by atoms with Crippen molar-refractivity contribution < 1.29 is 4.74 Å². The molecule has 0 radical (unpaired) electrons. The molecule has 0 amide bonds. The van der Waals surface area contributed by atoms with Gasteiger partial charge in [-0.05, 0) is 30.7 Å². The standard InChI is InChI=1S/C12H12ClN3O/c1-8-4-10(2-3-11(8)13)17-12-9(5-14)6-15-7-16-12/h2-4,6-7H,5,14H2,1H3. The molecule has 1 aromatic heterocycles. The number of aromatic nitrogens is 2. The van der Waals surface area contributed by atoms with Gasteiger partial charge in [-0.25, -0.2) is 9.97 Å². The number of aryl methyl sites for hydroxylation is 1. The summed E-state index contributed by atoms with van der Waals surface area (Å²) in [5.74, 6) is 1.16. The fourth-order valence-electron chi connectivity index (χ4n) is 1.37. The molecule has 0 unspecified atom stereocenters. The Labute approximate surface area is 104 Å². The Morgan fingerprint density at radius 1 is 1.41 bits per heavy atom. The molecular weight excluding hydrogens is 238 g/mol. The number of rotatable bonds is 3. The van der Waals surface area contributed by atoms with E-state index in [0.29, 0.717) is 23.2 Å². The quantitative estimate of drug-likeness (QED) is 0.909. The topological polar surface area (TPSA) is 61.0 Å². The summed E-state index contributed by atoms with van der Waals surface area (Å²) in [6.45, 7) is 2.25. The third kappa shape index (κ3) is 2.72. The summed E-state index contributed by atoms with van der Waals surface area (Å²) in [4.78, 5) is 7.95. The molecule has 1 heterocycles. The molecule has 0 saturated heterocycles. The molecule has 0 spiro atoms. The number of ether oxygens (including phenoxy) is 1. The maximum Gasteiger partial charge on any atom is 0.226 e. The summed E-state index contributed by atoms with van der Waals surface area (Å²) < 4.78 is 5.65. The summed E-state index contributed by atoms with van der Waals surface area (Å²) in [7, 11) is 0. The molecule has 2 N–H and O–H groups in total. The Morgan fingerprint density at radius 2 is 2.24 bits per heavy atom. The molecule has 0 fully saturated rings. The average molecular weight is 250 g/mol. The van der Waals surface area contributed by atoms with Gasteiger partial charge in [0.1, 0.15) is 12.1 Å². The average Bonchev–Trinajstić information content (AvgIpc) is 2.34. The van der Waals surface area contributed by atoms with Crippen molar-refractivity contribution in [2.24, 2.45) is 5.73 Å². The predicted molar refractivity (Wildman–Crippen MR) is 66.2 cm³/mol. The normalized spacial score (nSPS) is 10.3. The minimum Gasteiger partial charge on any atom is -0.439 e. The van der Waals surface area contributed by atoms with Crippen molar-refractivity contribution in [3.05, 3.63) is 46.9 Å². The van der Waals surface area contributed by atoms with E-state index in [1.807, 2.05) is 13.0 Å². The van der Waals surface area contributed by atoms with E-state index in [-0.39, 0.29) is 0 Å². The fraction of sp³-hybridized carbons (Fsp3) is 0.167. The summed E-state index contributed by atoms with van der Waals surface area (Å²) in [5.41, 5.74) is 7.29. The highest BCUT2D eigenvalue weighted by molar-refractivity contribution is 6.31. The van der Waals surface area contributed by atoms with Crippen LogP contribution in [0.3, 0.4) is 0 Å². The van der Waals surface area contributed by atoms with Crippen molar-refractivity contribution in [3.8, 4) is 11.6 Å². The molecule has 17 heavy (non-hydrogen) atoms. The van der Waals surface area contributed by atoms with Gasteiger partial charge in [-0.2, -0.15) is 0 Å². The van der Waals surface area contributed by atoms with Gasteiger partial charge in [0, 0.05) is 23.3 Å². The first-order chi connectivity index (χ1) is 8.20. The monoisotopic (exact) mass is 249 g/mol. The molecule has 5 heteroatoms. The zero-order valence-corrected chi connectivity index (χ0v) is 10.1. The number of halogens is 1. The summed E-state index contributed by atoms with van der Waals surface area (Å²) in [5, 5.41) is 0.707. The molecule has 88 valence electrons. The van der Waals surface area contributed by atoms with E-state index in [1.165, 1.54) is 6.33 Å². The Hall–Kier alpha value is -1.65. The molecule has 2 aromatic rings. The maximum absolute atomic E-state index is 5.94. The van der Waals surface area contributed by atoms with Gasteiger partial charge in [-0.1, -0.05) is 11.6 Å². The lowest BCUT2D eigenvalue weighted by atomic mass is 10.2. The Bertz CT molecular complexity index is 531. The zero-order valence-electron chi connectivity index (χ0n) is 9.35. The molecule has 1 aromatic carbocycles. The van der Waals surface area contributed by atoms with E-state index >= 15 is 0 Å². The van der Waals surface area contributed by atoms with Crippen molar-refractivity contribution in [1.82, 2.24) is 9.97 Å². The minimum absolute atomic E-state index is 0.336. The first-order valence-electron chi connectivity index (χ1n) is 5.13. The molecule has 0 aliphatic rings. The van der Waals surface area contributed by atoms with Crippen molar-refractivity contribution in [3.63, 3.8) is 0 Å². The second-order valence-electron chi connectivity index (χ2n) is 3.57. The van der Waals surface area contributed by atoms with E-state index in [2.05, 4.69) is 9.97 Å². The van der Waals surface area contributed by atoms with Gasteiger partial charge in [-0.15, -0.1) is 0 Å². The molecule has 0 aliphatic carbocycles. The van der Waals surface area contributed by atoms with Crippen LogP contribution >= 0.6 is 11.6 Å². The summed E-state index contributed by atoms with van der Waals surface area (Å²) in [6.07, 6.45) is 3.07. The number of hydrogen-bond donors (Lipinski definition) is 1. The van der Waals surface area contributed by atoms with Gasteiger partial charge in [-0.3, -0.25) is 0 Å².